The molecular weight excluding hydrogens is 624 g/mol. The minimum atomic E-state index is -2.00. The smallest absolute Gasteiger partial charge is 0.187 e. The van der Waals surface area contributed by atoms with Crippen LogP contribution < -0.4 is 0 Å². The first-order chi connectivity index (χ1) is 21.2. The highest BCUT2D eigenvalue weighted by atomic mass is 16.8. The van der Waals surface area contributed by atoms with Crippen molar-refractivity contribution in [1.29, 1.82) is 0 Å². The lowest BCUT2D eigenvalue weighted by atomic mass is 9.96. The van der Waals surface area contributed by atoms with Crippen molar-refractivity contribution in [3.05, 3.63) is 0 Å². The summed E-state index contributed by atoms with van der Waals surface area (Å²) in [5, 5.41) is 142. The number of aliphatic hydroxyl groups excluding tert-OH is 14. The van der Waals surface area contributed by atoms with Gasteiger partial charge in [0.2, 0.25) is 0 Å². The van der Waals surface area contributed by atoms with Crippen LogP contribution in [0.4, 0.5) is 0 Å². The van der Waals surface area contributed by atoms with Gasteiger partial charge < -0.3 is 105 Å². The first-order valence-electron chi connectivity index (χ1n) is 14.1. The third-order valence-electron chi connectivity index (χ3n) is 8.18. The van der Waals surface area contributed by atoms with E-state index in [1.807, 2.05) is 0 Å². The monoisotopic (exact) mass is 666 g/mol. The molecule has 14 N–H and O–H groups in total. The standard InChI is InChI=1S/C24H42O21/c25-1-5-9(28)11(30)16(35)22(41-5)39-4-8-10(29)12(31)17(36)23(43-8)45-20-7(3-27)42-24(18(37)14(20)33)44-19-6(2-26)40-21(38)15(34)13(19)32/h5-38H,1-4H2. The maximum atomic E-state index is 10.9. The molecule has 0 aromatic heterocycles. The third-order valence-corrected chi connectivity index (χ3v) is 8.18. The van der Waals surface area contributed by atoms with E-state index in [2.05, 4.69) is 0 Å². The summed E-state index contributed by atoms with van der Waals surface area (Å²) in [6.45, 7) is -3.14. The van der Waals surface area contributed by atoms with Crippen molar-refractivity contribution in [2.45, 2.75) is 123 Å². The van der Waals surface area contributed by atoms with Crippen molar-refractivity contribution in [2.24, 2.45) is 0 Å². The lowest BCUT2D eigenvalue weighted by Gasteiger charge is -2.48. The second-order valence-corrected chi connectivity index (χ2v) is 11.2. The molecule has 20 unspecified atom stereocenters. The van der Waals surface area contributed by atoms with Crippen molar-refractivity contribution in [1.82, 2.24) is 0 Å². The highest BCUT2D eigenvalue weighted by Gasteiger charge is 2.53. The van der Waals surface area contributed by atoms with Crippen molar-refractivity contribution < 1.29 is 105 Å². The Morgan fingerprint density at radius 1 is 0.378 bits per heavy atom. The first kappa shape index (κ1) is 37.0. The average Bonchev–Trinajstić information content (AvgIpc) is 3.03. The van der Waals surface area contributed by atoms with Gasteiger partial charge in [0, 0.05) is 0 Å². The van der Waals surface area contributed by atoms with Crippen molar-refractivity contribution in [3.63, 3.8) is 0 Å². The lowest BCUT2D eigenvalue weighted by molar-refractivity contribution is -0.380. The van der Waals surface area contributed by atoms with E-state index in [1.54, 1.807) is 0 Å². The van der Waals surface area contributed by atoms with Gasteiger partial charge in [0.25, 0.3) is 0 Å². The topological polar surface area (TPSA) is 348 Å². The molecule has 0 spiro atoms. The molecular formula is C24H42O21. The van der Waals surface area contributed by atoms with Gasteiger partial charge in [-0.15, -0.1) is 0 Å². The van der Waals surface area contributed by atoms with Crippen LogP contribution in [-0.4, -0.2) is 221 Å². The second kappa shape index (κ2) is 15.6. The molecule has 4 aliphatic rings. The molecule has 0 aromatic carbocycles. The summed E-state index contributed by atoms with van der Waals surface area (Å²) in [5.74, 6) is 0. The molecule has 21 heteroatoms. The zero-order chi connectivity index (χ0) is 33.3. The van der Waals surface area contributed by atoms with E-state index in [1.165, 1.54) is 0 Å². The number of ether oxygens (including phenoxy) is 7. The summed E-state index contributed by atoms with van der Waals surface area (Å²) in [5.41, 5.74) is 0. The SMILES string of the molecule is OCC1OC(OCC2OC(OC3C(CO)OC(OC4C(CO)OC(O)C(O)C4O)C(O)C3O)C(O)C(O)C2O)C(O)C(O)C1O. The van der Waals surface area contributed by atoms with Crippen molar-refractivity contribution in [2.75, 3.05) is 26.4 Å². The van der Waals surface area contributed by atoms with Crippen LogP contribution in [0.25, 0.3) is 0 Å². The molecule has 20 atom stereocenters. The van der Waals surface area contributed by atoms with Gasteiger partial charge >= 0.3 is 0 Å². The van der Waals surface area contributed by atoms with Gasteiger partial charge in [-0.2, -0.15) is 0 Å². The largest absolute Gasteiger partial charge is 0.394 e. The van der Waals surface area contributed by atoms with Crippen LogP contribution in [0, 0.1) is 0 Å². The Bertz CT molecular complexity index is 912. The van der Waals surface area contributed by atoms with Crippen molar-refractivity contribution in [3.8, 4) is 0 Å². The van der Waals surface area contributed by atoms with Gasteiger partial charge in [-0.25, -0.2) is 0 Å². The fourth-order valence-electron chi connectivity index (χ4n) is 5.44. The van der Waals surface area contributed by atoms with E-state index in [4.69, 9.17) is 33.2 Å². The predicted molar refractivity (Wildman–Crippen MR) is 134 cm³/mol. The van der Waals surface area contributed by atoms with Gasteiger partial charge in [0.1, 0.15) is 97.7 Å². The molecule has 21 nitrogen and oxygen atoms in total. The number of hydrogen-bond acceptors (Lipinski definition) is 21. The summed E-state index contributed by atoms with van der Waals surface area (Å²) in [6.07, 6.45) is -35.0. The lowest BCUT2D eigenvalue weighted by Crippen LogP contribution is -2.66. The number of hydrogen-bond donors (Lipinski definition) is 14. The van der Waals surface area contributed by atoms with Crippen molar-refractivity contribution >= 4 is 0 Å². The molecule has 4 heterocycles. The molecule has 0 bridgehead atoms. The Labute approximate surface area is 254 Å². The minimum Gasteiger partial charge on any atom is -0.394 e. The fraction of sp³-hybridized carbons (Fsp3) is 1.00. The van der Waals surface area contributed by atoms with Crippen LogP contribution in [-0.2, 0) is 33.2 Å². The molecule has 0 aliphatic carbocycles. The Kier molecular flexibility index (Phi) is 12.8. The van der Waals surface area contributed by atoms with Crippen LogP contribution in [0.3, 0.4) is 0 Å². The molecule has 4 rings (SSSR count). The van der Waals surface area contributed by atoms with E-state index in [9.17, 15) is 71.5 Å². The molecule has 4 aliphatic heterocycles. The molecule has 0 amide bonds. The second-order valence-electron chi connectivity index (χ2n) is 11.2. The molecule has 0 aromatic rings. The Morgan fingerprint density at radius 3 is 1.31 bits per heavy atom. The Hall–Kier alpha value is -0.840. The molecule has 4 saturated heterocycles. The van der Waals surface area contributed by atoms with Gasteiger partial charge in [-0.05, 0) is 0 Å². The molecule has 45 heavy (non-hydrogen) atoms. The van der Waals surface area contributed by atoms with Gasteiger partial charge in [0.15, 0.2) is 25.2 Å². The number of rotatable bonds is 10. The molecule has 4 fully saturated rings. The van der Waals surface area contributed by atoms with E-state index in [0.29, 0.717) is 0 Å². The summed E-state index contributed by atoms with van der Waals surface area (Å²) in [7, 11) is 0. The molecule has 0 saturated carbocycles. The zero-order valence-electron chi connectivity index (χ0n) is 23.5. The summed E-state index contributed by atoms with van der Waals surface area (Å²) >= 11 is 0. The van der Waals surface area contributed by atoms with Crippen LogP contribution in [0.5, 0.6) is 0 Å². The summed E-state index contributed by atoms with van der Waals surface area (Å²) in [6, 6.07) is 0. The van der Waals surface area contributed by atoms with Crippen LogP contribution in [0.2, 0.25) is 0 Å². The average molecular weight is 667 g/mol. The Morgan fingerprint density at radius 2 is 0.778 bits per heavy atom. The van der Waals surface area contributed by atoms with E-state index in [-0.39, 0.29) is 0 Å². The van der Waals surface area contributed by atoms with Gasteiger partial charge in [-0.3, -0.25) is 0 Å². The van der Waals surface area contributed by atoms with Gasteiger partial charge in [-0.1, -0.05) is 0 Å². The predicted octanol–water partition coefficient (Wildman–Crippen LogP) is -9.75. The third kappa shape index (κ3) is 7.59. The van der Waals surface area contributed by atoms with Crippen LogP contribution >= 0.6 is 0 Å². The summed E-state index contributed by atoms with van der Waals surface area (Å²) < 4.78 is 37.5. The highest BCUT2D eigenvalue weighted by molar-refractivity contribution is 4.96. The maximum absolute atomic E-state index is 10.9. The quantitative estimate of drug-likeness (QED) is 0.103. The maximum Gasteiger partial charge on any atom is 0.187 e. The van der Waals surface area contributed by atoms with Crippen LogP contribution in [0.1, 0.15) is 0 Å². The zero-order valence-corrected chi connectivity index (χ0v) is 23.5. The fourth-order valence-corrected chi connectivity index (χ4v) is 5.44. The first-order valence-corrected chi connectivity index (χ1v) is 14.1. The minimum absolute atomic E-state index is 0.683. The van der Waals surface area contributed by atoms with E-state index in [0.717, 1.165) is 0 Å². The van der Waals surface area contributed by atoms with Gasteiger partial charge in [0.05, 0.1) is 26.4 Å². The van der Waals surface area contributed by atoms with Crippen LogP contribution in [0.15, 0.2) is 0 Å². The molecule has 264 valence electrons. The van der Waals surface area contributed by atoms with E-state index < -0.39 is 149 Å². The number of aliphatic hydroxyl groups is 14. The Balaban J connectivity index is 1.41. The highest BCUT2D eigenvalue weighted by Crippen LogP contribution is 2.32. The normalized spacial score (nSPS) is 52.9. The van der Waals surface area contributed by atoms with E-state index >= 15 is 0 Å². The summed E-state index contributed by atoms with van der Waals surface area (Å²) in [4.78, 5) is 0. The molecule has 0 radical (unpaired) electrons.